The van der Waals surface area contributed by atoms with Crippen LogP contribution in [0.15, 0.2) is 46.9 Å². The predicted molar refractivity (Wildman–Crippen MR) is 100 cm³/mol. The second-order valence-electron chi connectivity index (χ2n) is 5.32. The number of amides is 1. The molecular weight excluding hydrogens is 370 g/mol. The van der Waals surface area contributed by atoms with Crippen LogP contribution in [0.25, 0.3) is 0 Å². The lowest BCUT2D eigenvalue weighted by Crippen LogP contribution is -2.12. The molecule has 2 aromatic rings. The maximum absolute atomic E-state index is 12.3. The summed E-state index contributed by atoms with van der Waals surface area (Å²) in [5.74, 6) is 1.18. The highest BCUT2D eigenvalue weighted by molar-refractivity contribution is 9.10. The summed E-state index contributed by atoms with van der Waals surface area (Å²) in [4.78, 5) is 12.3. The van der Waals surface area contributed by atoms with Gasteiger partial charge in [-0.15, -0.1) is 0 Å². The Kier molecular flexibility index (Phi) is 7.12. The fourth-order valence-corrected chi connectivity index (χ4v) is 2.47. The zero-order valence-corrected chi connectivity index (χ0v) is 15.6. The number of ether oxygens (including phenoxy) is 2. The van der Waals surface area contributed by atoms with Crippen LogP contribution in [-0.2, 0) is 0 Å². The van der Waals surface area contributed by atoms with Crippen molar-refractivity contribution in [3.63, 3.8) is 0 Å². The average molecular weight is 392 g/mol. The van der Waals surface area contributed by atoms with Gasteiger partial charge in [-0.1, -0.05) is 35.8 Å². The summed E-state index contributed by atoms with van der Waals surface area (Å²) < 4.78 is 12.3. The lowest BCUT2D eigenvalue weighted by molar-refractivity contribution is 0.102. The van der Waals surface area contributed by atoms with Crippen molar-refractivity contribution >= 4 is 27.5 Å². The highest BCUT2D eigenvalue weighted by atomic mass is 79.9. The first kappa shape index (κ1) is 18.3. The molecule has 0 radical (unpaired) electrons. The van der Waals surface area contributed by atoms with Crippen molar-refractivity contribution in [2.24, 2.45) is 0 Å². The van der Waals surface area contributed by atoms with Gasteiger partial charge in [0.25, 0.3) is 5.91 Å². The number of anilines is 1. The Morgan fingerprint density at radius 2 is 1.71 bits per heavy atom. The van der Waals surface area contributed by atoms with Crippen LogP contribution in [0.2, 0.25) is 0 Å². The number of carbonyl (C=O) groups is 1. The van der Waals surface area contributed by atoms with Crippen molar-refractivity contribution in [3.05, 3.63) is 52.5 Å². The van der Waals surface area contributed by atoms with E-state index in [-0.39, 0.29) is 5.91 Å². The van der Waals surface area contributed by atoms with E-state index in [1.807, 2.05) is 31.2 Å². The lowest BCUT2D eigenvalue weighted by Gasteiger charge is -2.14. The van der Waals surface area contributed by atoms with Crippen LogP contribution in [-0.4, -0.2) is 19.1 Å². The second kappa shape index (κ2) is 9.33. The third kappa shape index (κ3) is 5.27. The van der Waals surface area contributed by atoms with Gasteiger partial charge in [-0.05, 0) is 43.2 Å². The maximum Gasteiger partial charge on any atom is 0.255 e. The van der Waals surface area contributed by atoms with E-state index in [9.17, 15) is 4.79 Å². The van der Waals surface area contributed by atoms with Crippen molar-refractivity contribution in [2.45, 2.75) is 26.7 Å². The van der Waals surface area contributed by atoms with Crippen molar-refractivity contribution in [3.8, 4) is 11.5 Å². The molecule has 0 saturated carbocycles. The Bertz CT molecular complexity index is 688. The highest BCUT2D eigenvalue weighted by Crippen LogP contribution is 2.31. The second-order valence-corrected chi connectivity index (χ2v) is 6.24. The molecule has 0 aliphatic carbocycles. The summed E-state index contributed by atoms with van der Waals surface area (Å²) in [6.45, 7) is 5.34. The van der Waals surface area contributed by atoms with Gasteiger partial charge in [0.15, 0.2) is 11.5 Å². The van der Waals surface area contributed by atoms with E-state index in [2.05, 4.69) is 28.2 Å². The molecule has 5 heteroatoms. The topological polar surface area (TPSA) is 47.6 Å². The lowest BCUT2D eigenvalue weighted by atomic mass is 10.2. The summed E-state index contributed by atoms with van der Waals surface area (Å²) in [6.07, 6.45) is 1.83. The summed E-state index contributed by atoms with van der Waals surface area (Å²) in [5.41, 5.74) is 1.27. The minimum absolute atomic E-state index is 0.167. The predicted octanol–water partition coefficient (Wildman–Crippen LogP) is 5.28. The first-order valence-corrected chi connectivity index (χ1v) is 8.90. The largest absolute Gasteiger partial charge is 0.490 e. The fraction of sp³-hybridized carbons (Fsp3) is 0.316. The fourth-order valence-electron chi connectivity index (χ4n) is 2.07. The van der Waals surface area contributed by atoms with E-state index in [0.717, 1.165) is 17.3 Å². The van der Waals surface area contributed by atoms with E-state index in [0.29, 0.717) is 36.0 Å². The molecule has 0 bridgehead atoms. The molecule has 2 aromatic carbocycles. The molecule has 0 heterocycles. The number of halogens is 1. The molecule has 4 nitrogen and oxygen atoms in total. The smallest absolute Gasteiger partial charge is 0.255 e. The van der Waals surface area contributed by atoms with Gasteiger partial charge >= 0.3 is 0 Å². The summed E-state index contributed by atoms with van der Waals surface area (Å²) in [6, 6.07) is 12.7. The van der Waals surface area contributed by atoms with Crippen molar-refractivity contribution in [1.29, 1.82) is 0 Å². The summed E-state index contributed by atoms with van der Waals surface area (Å²) in [5, 5.41) is 2.89. The Morgan fingerprint density at radius 1 is 1.00 bits per heavy atom. The standard InChI is InChI=1S/C19H22BrNO3/c1-3-10-23-17-9-8-16(13-18(17)24-11-4-2)21-19(22)14-6-5-7-15(20)12-14/h5-9,12-13H,3-4,10-11H2,1-2H3,(H,21,22). The molecule has 2 rings (SSSR count). The molecule has 0 unspecified atom stereocenters. The third-order valence-corrected chi connectivity index (χ3v) is 3.71. The van der Waals surface area contributed by atoms with E-state index in [1.165, 1.54) is 0 Å². The summed E-state index contributed by atoms with van der Waals surface area (Å²) in [7, 11) is 0. The SMILES string of the molecule is CCCOc1ccc(NC(=O)c2cccc(Br)c2)cc1OCCC. The number of hydrogen-bond acceptors (Lipinski definition) is 3. The Labute approximate surface area is 151 Å². The average Bonchev–Trinajstić information content (AvgIpc) is 2.59. The zero-order chi connectivity index (χ0) is 17.4. The van der Waals surface area contributed by atoms with E-state index >= 15 is 0 Å². The van der Waals surface area contributed by atoms with Gasteiger partial charge in [0.1, 0.15) is 0 Å². The molecule has 0 atom stereocenters. The van der Waals surface area contributed by atoms with Gasteiger partial charge < -0.3 is 14.8 Å². The molecule has 0 aliphatic heterocycles. The van der Waals surface area contributed by atoms with Crippen LogP contribution in [0.4, 0.5) is 5.69 Å². The monoisotopic (exact) mass is 391 g/mol. The van der Waals surface area contributed by atoms with Crippen molar-refractivity contribution in [1.82, 2.24) is 0 Å². The van der Waals surface area contributed by atoms with Gasteiger partial charge in [0.2, 0.25) is 0 Å². The molecule has 1 amide bonds. The van der Waals surface area contributed by atoms with Gasteiger partial charge in [-0.25, -0.2) is 0 Å². The molecule has 1 N–H and O–H groups in total. The minimum Gasteiger partial charge on any atom is -0.490 e. The van der Waals surface area contributed by atoms with Crippen molar-refractivity contribution in [2.75, 3.05) is 18.5 Å². The van der Waals surface area contributed by atoms with Crippen LogP contribution in [0, 0.1) is 0 Å². The Morgan fingerprint density at radius 3 is 2.38 bits per heavy atom. The van der Waals surface area contributed by atoms with Crippen molar-refractivity contribution < 1.29 is 14.3 Å². The van der Waals surface area contributed by atoms with Gasteiger partial charge in [0, 0.05) is 21.8 Å². The van der Waals surface area contributed by atoms with Crippen LogP contribution in [0.1, 0.15) is 37.0 Å². The minimum atomic E-state index is -0.167. The molecule has 0 aliphatic rings. The molecule has 0 spiro atoms. The Balaban J connectivity index is 2.15. The quantitative estimate of drug-likeness (QED) is 0.665. The highest BCUT2D eigenvalue weighted by Gasteiger charge is 2.10. The zero-order valence-electron chi connectivity index (χ0n) is 14.0. The molecule has 0 aromatic heterocycles. The van der Waals surface area contributed by atoms with Gasteiger partial charge in [0.05, 0.1) is 13.2 Å². The van der Waals surface area contributed by atoms with E-state index in [1.54, 1.807) is 18.2 Å². The Hall–Kier alpha value is -2.01. The summed E-state index contributed by atoms with van der Waals surface area (Å²) >= 11 is 3.37. The molecule has 128 valence electrons. The first-order chi connectivity index (χ1) is 11.6. The number of carbonyl (C=O) groups excluding carboxylic acids is 1. The first-order valence-electron chi connectivity index (χ1n) is 8.10. The van der Waals surface area contributed by atoms with Crippen LogP contribution in [0.5, 0.6) is 11.5 Å². The number of rotatable bonds is 8. The van der Waals surface area contributed by atoms with E-state index in [4.69, 9.17) is 9.47 Å². The molecule has 24 heavy (non-hydrogen) atoms. The molecule has 0 fully saturated rings. The molecular formula is C19H22BrNO3. The maximum atomic E-state index is 12.3. The number of hydrogen-bond donors (Lipinski definition) is 1. The van der Waals surface area contributed by atoms with Gasteiger partial charge in [-0.3, -0.25) is 4.79 Å². The van der Waals surface area contributed by atoms with Crippen LogP contribution in [0.3, 0.4) is 0 Å². The third-order valence-electron chi connectivity index (χ3n) is 3.21. The normalized spacial score (nSPS) is 10.3. The van der Waals surface area contributed by atoms with Crippen LogP contribution >= 0.6 is 15.9 Å². The van der Waals surface area contributed by atoms with Crippen LogP contribution < -0.4 is 14.8 Å². The van der Waals surface area contributed by atoms with E-state index < -0.39 is 0 Å². The molecule has 0 saturated heterocycles. The number of nitrogens with one attached hydrogen (secondary N) is 1. The van der Waals surface area contributed by atoms with Gasteiger partial charge in [-0.2, -0.15) is 0 Å². The number of benzene rings is 2.